The van der Waals surface area contributed by atoms with Crippen molar-refractivity contribution in [3.05, 3.63) is 11.8 Å². The van der Waals surface area contributed by atoms with Gasteiger partial charge in [0.1, 0.15) is 12.2 Å². The van der Waals surface area contributed by atoms with Crippen molar-refractivity contribution in [3.8, 4) is 5.88 Å². The SMILES string of the molecule is CCCCCCOc1nsnc1C1=CCC[N+](C)([C@H](C)OC(=O)[C@@H]([NH3+])CCCCN)C1. The quantitative estimate of drug-likeness (QED) is 0.253. The topological polar surface area (TPSA) is 115 Å². The van der Waals surface area contributed by atoms with Crippen molar-refractivity contribution < 1.29 is 24.5 Å². The van der Waals surface area contributed by atoms with Crippen molar-refractivity contribution in [1.82, 2.24) is 8.75 Å². The van der Waals surface area contributed by atoms with Crippen LogP contribution >= 0.6 is 11.7 Å². The molecule has 9 heteroatoms. The molecule has 176 valence electrons. The Morgan fingerprint density at radius 1 is 1.29 bits per heavy atom. The van der Waals surface area contributed by atoms with Gasteiger partial charge in [-0.15, -0.1) is 4.37 Å². The van der Waals surface area contributed by atoms with E-state index in [9.17, 15) is 4.79 Å². The summed E-state index contributed by atoms with van der Waals surface area (Å²) in [4.78, 5) is 12.5. The van der Waals surface area contributed by atoms with E-state index in [1.807, 2.05) is 6.92 Å². The third-order valence-corrected chi connectivity index (χ3v) is 6.58. The number of unbranched alkanes of at least 4 members (excludes halogenated alkanes) is 4. The number of likely N-dealkylation sites (N-methyl/N-ethyl adjacent to an activating group) is 1. The molecule has 1 aliphatic heterocycles. The van der Waals surface area contributed by atoms with Gasteiger partial charge in [-0.3, -0.25) is 4.48 Å². The monoisotopic (exact) mass is 455 g/mol. The summed E-state index contributed by atoms with van der Waals surface area (Å²) >= 11 is 1.19. The average molecular weight is 456 g/mol. The first-order valence-electron chi connectivity index (χ1n) is 11.6. The van der Waals surface area contributed by atoms with Crippen LogP contribution in [0.4, 0.5) is 0 Å². The van der Waals surface area contributed by atoms with Crippen LogP contribution < -0.4 is 16.2 Å². The Balaban J connectivity index is 1.94. The van der Waals surface area contributed by atoms with E-state index in [0.29, 0.717) is 29.9 Å². The molecule has 0 bridgehead atoms. The van der Waals surface area contributed by atoms with Crippen molar-refractivity contribution in [2.75, 3.05) is 33.3 Å². The predicted molar refractivity (Wildman–Crippen MR) is 123 cm³/mol. The molecule has 0 fully saturated rings. The second-order valence-electron chi connectivity index (χ2n) is 8.72. The molecule has 1 aromatic heterocycles. The van der Waals surface area contributed by atoms with E-state index in [1.54, 1.807) is 0 Å². The fraction of sp³-hybridized carbons (Fsp3) is 0.773. The number of carbonyl (C=O) groups is 1. The number of hydrogen-bond donors (Lipinski definition) is 2. The zero-order valence-corrected chi connectivity index (χ0v) is 20.3. The van der Waals surface area contributed by atoms with Crippen molar-refractivity contribution >= 4 is 23.3 Å². The van der Waals surface area contributed by atoms with Gasteiger partial charge in [0.2, 0.25) is 6.23 Å². The van der Waals surface area contributed by atoms with Crippen molar-refractivity contribution in [2.24, 2.45) is 5.73 Å². The molecule has 0 radical (unpaired) electrons. The Hall–Kier alpha value is -1.55. The van der Waals surface area contributed by atoms with Gasteiger partial charge < -0.3 is 20.9 Å². The highest BCUT2D eigenvalue weighted by Gasteiger charge is 2.37. The smallest absolute Gasteiger partial charge is 0.369 e. The normalized spacial score (nSPS) is 20.7. The number of esters is 1. The maximum atomic E-state index is 12.5. The molecule has 8 nitrogen and oxygen atoms in total. The first-order chi connectivity index (χ1) is 14.9. The number of aromatic nitrogens is 2. The summed E-state index contributed by atoms with van der Waals surface area (Å²) in [6, 6.07) is -0.351. The molecule has 0 aromatic carbocycles. The largest absolute Gasteiger partial charge is 0.475 e. The summed E-state index contributed by atoms with van der Waals surface area (Å²) < 4.78 is 21.3. The van der Waals surface area contributed by atoms with Gasteiger partial charge in [0.05, 0.1) is 31.9 Å². The van der Waals surface area contributed by atoms with Gasteiger partial charge in [0.15, 0.2) is 6.04 Å². The van der Waals surface area contributed by atoms with E-state index in [-0.39, 0.29) is 18.2 Å². The Kier molecular flexibility index (Phi) is 10.9. The Labute approximate surface area is 190 Å². The van der Waals surface area contributed by atoms with Crippen LogP contribution in [0.2, 0.25) is 0 Å². The van der Waals surface area contributed by atoms with Gasteiger partial charge in [0.25, 0.3) is 5.88 Å². The number of carbonyl (C=O) groups excluding carboxylic acids is 1. The molecule has 1 aliphatic rings. The highest BCUT2D eigenvalue weighted by atomic mass is 32.1. The minimum absolute atomic E-state index is 0.230. The molecular weight excluding hydrogens is 414 g/mol. The number of hydrogen-bond acceptors (Lipinski definition) is 7. The lowest BCUT2D eigenvalue weighted by Crippen LogP contribution is -2.66. The molecule has 0 aliphatic carbocycles. The molecule has 1 unspecified atom stereocenters. The summed E-state index contributed by atoms with van der Waals surface area (Å²) in [6.07, 6.45) is 9.99. The number of ether oxygens (including phenoxy) is 2. The second kappa shape index (κ2) is 13.1. The number of rotatable bonds is 14. The van der Waals surface area contributed by atoms with E-state index in [0.717, 1.165) is 50.0 Å². The Morgan fingerprint density at radius 2 is 2.10 bits per heavy atom. The predicted octanol–water partition coefficient (Wildman–Crippen LogP) is 2.36. The zero-order chi connectivity index (χ0) is 22.7. The van der Waals surface area contributed by atoms with Crippen LogP contribution in [0.5, 0.6) is 5.88 Å². The first kappa shape index (κ1) is 25.7. The fourth-order valence-corrected chi connectivity index (χ4v) is 4.29. The summed E-state index contributed by atoms with van der Waals surface area (Å²) in [5, 5.41) is 0. The lowest BCUT2D eigenvalue weighted by atomic mass is 10.0. The van der Waals surface area contributed by atoms with E-state index < -0.39 is 0 Å². The number of nitrogens with two attached hydrogens (primary N) is 1. The standard InChI is InChI=1S/C22H40N5O3S/c1-4-5-6-9-15-29-21-20(25-31-26-21)18-11-10-14-27(3,16-18)17(2)30-22(28)19(24)12-7-8-13-23/h11,17,19H,4-10,12-16,23-24H2,1-3H3/q+1/p+1/t17-,19-,27?/m0/s1. The molecular formula is C22H41N5O3S+2. The van der Waals surface area contributed by atoms with Crippen LogP contribution in [-0.4, -0.2) is 64.8 Å². The molecule has 3 atom stereocenters. The maximum Gasteiger partial charge on any atom is 0.369 e. The molecule has 5 N–H and O–H groups in total. The maximum absolute atomic E-state index is 12.5. The number of quaternary nitrogens is 2. The van der Waals surface area contributed by atoms with E-state index in [4.69, 9.17) is 15.2 Å². The van der Waals surface area contributed by atoms with Gasteiger partial charge in [-0.25, -0.2) is 4.79 Å². The highest BCUT2D eigenvalue weighted by Crippen LogP contribution is 2.31. The minimum Gasteiger partial charge on any atom is -0.475 e. The van der Waals surface area contributed by atoms with Crippen LogP contribution in [0.15, 0.2) is 6.08 Å². The van der Waals surface area contributed by atoms with Gasteiger partial charge in [-0.2, -0.15) is 4.37 Å². The van der Waals surface area contributed by atoms with E-state index in [1.165, 1.54) is 31.0 Å². The molecule has 1 aromatic rings. The lowest BCUT2D eigenvalue weighted by molar-refractivity contribution is -0.944. The third kappa shape index (κ3) is 7.82. The molecule has 2 rings (SSSR count). The van der Waals surface area contributed by atoms with E-state index in [2.05, 4.69) is 34.5 Å². The molecule has 2 heterocycles. The number of nitrogens with zero attached hydrogens (tertiary/aromatic N) is 3. The van der Waals surface area contributed by atoms with Crippen LogP contribution in [0, 0.1) is 0 Å². The molecule has 0 spiro atoms. The van der Waals surface area contributed by atoms with Crippen molar-refractivity contribution in [1.29, 1.82) is 0 Å². The second-order valence-corrected chi connectivity index (χ2v) is 9.25. The highest BCUT2D eigenvalue weighted by molar-refractivity contribution is 6.99. The average Bonchev–Trinajstić information content (AvgIpc) is 3.22. The fourth-order valence-electron chi connectivity index (χ4n) is 3.76. The van der Waals surface area contributed by atoms with Gasteiger partial charge in [0, 0.05) is 25.3 Å². The molecule has 31 heavy (non-hydrogen) atoms. The lowest BCUT2D eigenvalue weighted by Gasteiger charge is -2.41. The summed E-state index contributed by atoms with van der Waals surface area (Å²) in [7, 11) is 2.13. The zero-order valence-electron chi connectivity index (χ0n) is 19.5. The van der Waals surface area contributed by atoms with Crippen molar-refractivity contribution in [3.63, 3.8) is 0 Å². The van der Waals surface area contributed by atoms with E-state index >= 15 is 0 Å². The third-order valence-electron chi connectivity index (χ3n) is 6.07. The van der Waals surface area contributed by atoms with Crippen LogP contribution in [0.1, 0.15) is 70.9 Å². The molecule has 0 saturated carbocycles. The molecule has 0 saturated heterocycles. The van der Waals surface area contributed by atoms with Crippen LogP contribution in [0.25, 0.3) is 5.57 Å². The summed E-state index contributed by atoms with van der Waals surface area (Å²) in [5.41, 5.74) is 11.5. The van der Waals surface area contributed by atoms with Gasteiger partial charge >= 0.3 is 5.97 Å². The Bertz CT molecular complexity index is 711. The first-order valence-corrected chi connectivity index (χ1v) is 12.4. The van der Waals surface area contributed by atoms with Crippen molar-refractivity contribution in [2.45, 2.75) is 77.5 Å². The molecule has 0 amide bonds. The van der Waals surface area contributed by atoms with Crippen LogP contribution in [-0.2, 0) is 9.53 Å². The summed E-state index contributed by atoms with van der Waals surface area (Å²) in [6.45, 7) is 7.10. The van der Waals surface area contributed by atoms with Crippen LogP contribution in [0.3, 0.4) is 0 Å². The van der Waals surface area contributed by atoms with Gasteiger partial charge in [-0.1, -0.05) is 32.3 Å². The van der Waals surface area contributed by atoms with Gasteiger partial charge in [-0.05, 0) is 25.8 Å². The Morgan fingerprint density at radius 3 is 2.84 bits per heavy atom. The minimum atomic E-state index is -0.351. The summed E-state index contributed by atoms with van der Waals surface area (Å²) in [5.74, 6) is 0.398.